The van der Waals surface area contributed by atoms with Gasteiger partial charge in [-0.15, -0.1) is 0 Å². The molecule has 3 N–H and O–H groups in total. The maximum absolute atomic E-state index is 11.4. The fourth-order valence-electron chi connectivity index (χ4n) is 1.36. The first-order chi connectivity index (χ1) is 9.08. The second-order valence-corrected chi connectivity index (χ2v) is 4.58. The van der Waals surface area contributed by atoms with Crippen LogP contribution in [-0.4, -0.2) is 31.4 Å². The van der Waals surface area contributed by atoms with E-state index in [-0.39, 0.29) is 18.8 Å². The molecule has 1 amide bonds. The van der Waals surface area contributed by atoms with Crippen molar-refractivity contribution in [3.05, 3.63) is 35.9 Å². The van der Waals surface area contributed by atoms with E-state index in [1.54, 1.807) is 0 Å². The lowest BCUT2D eigenvalue weighted by atomic mass is 10.2. The van der Waals surface area contributed by atoms with Gasteiger partial charge in [0, 0.05) is 12.6 Å². The molecule has 0 radical (unpaired) electrons. The summed E-state index contributed by atoms with van der Waals surface area (Å²) in [5, 5.41) is 2.61. The molecule has 1 unspecified atom stereocenters. The van der Waals surface area contributed by atoms with Gasteiger partial charge in [-0.2, -0.15) is 0 Å². The second kappa shape index (κ2) is 8.50. The Morgan fingerprint density at radius 1 is 1.32 bits per heavy atom. The van der Waals surface area contributed by atoms with Gasteiger partial charge in [-0.1, -0.05) is 30.3 Å². The number of benzene rings is 1. The Labute approximate surface area is 114 Å². The summed E-state index contributed by atoms with van der Waals surface area (Å²) in [5.74, 6) is 0. The third-order valence-corrected chi connectivity index (χ3v) is 2.36. The van der Waals surface area contributed by atoms with Gasteiger partial charge in [0.2, 0.25) is 0 Å². The van der Waals surface area contributed by atoms with Crippen LogP contribution in [0, 0.1) is 0 Å². The van der Waals surface area contributed by atoms with Gasteiger partial charge in [-0.25, -0.2) is 4.79 Å². The molecule has 1 aromatic rings. The molecule has 0 fully saturated rings. The normalized spacial score (nSPS) is 12.2. The van der Waals surface area contributed by atoms with Crippen LogP contribution in [0.3, 0.4) is 0 Å². The second-order valence-electron chi connectivity index (χ2n) is 4.58. The Balaban J connectivity index is 2.14. The Hall–Kier alpha value is -1.59. The van der Waals surface area contributed by atoms with Crippen LogP contribution in [-0.2, 0) is 16.1 Å². The molecular weight excluding hydrogens is 244 g/mol. The highest BCUT2D eigenvalue weighted by atomic mass is 16.5. The maximum atomic E-state index is 11.4. The van der Waals surface area contributed by atoms with E-state index < -0.39 is 6.09 Å². The first kappa shape index (κ1) is 15.5. The molecule has 0 aliphatic carbocycles. The minimum Gasteiger partial charge on any atom is -0.445 e. The Morgan fingerprint density at radius 2 is 2.00 bits per heavy atom. The average Bonchev–Trinajstić information content (AvgIpc) is 2.41. The zero-order valence-corrected chi connectivity index (χ0v) is 11.5. The molecule has 0 aliphatic heterocycles. The zero-order chi connectivity index (χ0) is 14.1. The van der Waals surface area contributed by atoms with Crippen molar-refractivity contribution < 1.29 is 14.3 Å². The van der Waals surface area contributed by atoms with Crippen molar-refractivity contribution in [3.8, 4) is 0 Å². The van der Waals surface area contributed by atoms with E-state index in [0.717, 1.165) is 5.56 Å². The lowest BCUT2D eigenvalue weighted by Crippen LogP contribution is -2.40. The van der Waals surface area contributed by atoms with Crippen LogP contribution in [0.2, 0.25) is 0 Å². The van der Waals surface area contributed by atoms with Crippen LogP contribution in [0.5, 0.6) is 0 Å². The molecule has 1 atom stereocenters. The minimum atomic E-state index is -0.469. The number of alkyl carbamates (subject to hydrolysis) is 1. The summed E-state index contributed by atoms with van der Waals surface area (Å²) >= 11 is 0. The molecule has 0 spiro atoms. The Kier molecular flexibility index (Phi) is 6.92. The first-order valence-corrected chi connectivity index (χ1v) is 6.39. The van der Waals surface area contributed by atoms with Gasteiger partial charge in [-0.05, 0) is 19.4 Å². The topological polar surface area (TPSA) is 73.6 Å². The molecule has 1 aromatic carbocycles. The minimum absolute atomic E-state index is 0.135. The molecule has 0 aliphatic rings. The Morgan fingerprint density at radius 3 is 2.63 bits per heavy atom. The molecule has 5 heteroatoms. The summed E-state index contributed by atoms with van der Waals surface area (Å²) in [6, 6.07) is 9.28. The fourth-order valence-corrected chi connectivity index (χ4v) is 1.36. The largest absolute Gasteiger partial charge is 0.445 e. The van der Waals surface area contributed by atoms with Gasteiger partial charge in [0.15, 0.2) is 0 Å². The van der Waals surface area contributed by atoms with E-state index in [0.29, 0.717) is 13.2 Å². The van der Waals surface area contributed by atoms with Gasteiger partial charge >= 0.3 is 6.09 Å². The quantitative estimate of drug-likeness (QED) is 0.787. The third-order valence-electron chi connectivity index (χ3n) is 2.36. The van der Waals surface area contributed by atoms with Crippen molar-refractivity contribution in [2.24, 2.45) is 5.73 Å². The predicted molar refractivity (Wildman–Crippen MR) is 73.7 cm³/mol. The van der Waals surface area contributed by atoms with Crippen molar-refractivity contribution in [1.29, 1.82) is 0 Å². The van der Waals surface area contributed by atoms with Crippen LogP contribution in [0.25, 0.3) is 0 Å². The number of rotatable bonds is 7. The van der Waals surface area contributed by atoms with Gasteiger partial charge in [-0.3, -0.25) is 0 Å². The molecule has 0 saturated carbocycles. The lowest BCUT2D eigenvalue weighted by molar-refractivity contribution is 0.0676. The fraction of sp³-hybridized carbons (Fsp3) is 0.500. The smallest absolute Gasteiger partial charge is 0.407 e. The molecule has 0 aromatic heterocycles. The van der Waals surface area contributed by atoms with Gasteiger partial charge in [0.1, 0.15) is 6.61 Å². The van der Waals surface area contributed by atoms with E-state index in [1.807, 2.05) is 44.2 Å². The van der Waals surface area contributed by atoms with Crippen LogP contribution >= 0.6 is 0 Å². The summed E-state index contributed by atoms with van der Waals surface area (Å²) in [5.41, 5.74) is 6.73. The van der Waals surface area contributed by atoms with Crippen molar-refractivity contribution in [1.82, 2.24) is 5.32 Å². The highest BCUT2D eigenvalue weighted by Gasteiger charge is 2.07. The molecule has 0 bridgehead atoms. The molecule has 0 heterocycles. The number of nitrogens with one attached hydrogen (secondary N) is 1. The molecule has 0 saturated heterocycles. The predicted octanol–water partition coefficient (Wildman–Crippen LogP) is 1.67. The van der Waals surface area contributed by atoms with Crippen LogP contribution < -0.4 is 11.1 Å². The Bertz CT molecular complexity index is 368. The van der Waals surface area contributed by atoms with E-state index in [4.69, 9.17) is 15.2 Å². The van der Waals surface area contributed by atoms with Crippen molar-refractivity contribution in [3.63, 3.8) is 0 Å². The number of carbonyl (C=O) groups excluding carboxylic acids is 1. The van der Waals surface area contributed by atoms with E-state index >= 15 is 0 Å². The van der Waals surface area contributed by atoms with E-state index in [2.05, 4.69) is 5.32 Å². The lowest BCUT2D eigenvalue weighted by Gasteiger charge is -2.15. The number of hydrogen-bond donors (Lipinski definition) is 2. The molecule has 1 rings (SSSR count). The number of amides is 1. The number of ether oxygens (including phenoxy) is 2. The summed E-state index contributed by atoms with van der Waals surface area (Å²) < 4.78 is 10.4. The van der Waals surface area contributed by atoms with Crippen LogP contribution in [0.15, 0.2) is 30.3 Å². The summed E-state index contributed by atoms with van der Waals surface area (Å²) in [6.45, 7) is 4.88. The van der Waals surface area contributed by atoms with Crippen molar-refractivity contribution in [2.75, 3.05) is 13.2 Å². The van der Waals surface area contributed by atoms with Crippen LogP contribution in [0.4, 0.5) is 4.79 Å². The SMILES string of the molecule is CC(C)OCC(N)CNC(=O)OCc1ccccc1. The highest BCUT2D eigenvalue weighted by molar-refractivity contribution is 5.67. The number of carbonyl (C=O) groups is 1. The van der Waals surface area contributed by atoms with E-state index in [9.17, 15) is 4.79 Å². The van der Waals surface area contributed by atoms with Crippen LogP contribution in [0.1, 0.15) is 19.4 Å². The van der Waals surface area contributed by atoms with E-state index in [1.165, 1.54) is 0 Å². The number of hydrogen-bond acceptors (Lipinski definition) is 4. The standard InChI is InChI=1S/C14H22N2O3/c1-11(2)18-10-13(15)8-16-14(17)19-9-12-6-4-3-5-7-12/h3-7,11,13H,8-10,15H2,1-2H3,(H,16,17). The maximum Gasteiger partial charge on any atom is 0.407 e. The van der Waals surface area contributed by atoms with Crippen molar-refractivity contribution >= 4 is 6.09 Å². The summed E-state index contributed by atoms with van der Waals surface area (Å²) in [6.07, 6.45) is -0.333. The average molecular weight is 266 g/mol. The molecule has 19 heavy (non-hydrogen) atoms. The summed E-state index contributed by atoms with van der Waals surface area (Å²) in [4.78, 5) is 11.4. The van der Waals surface area contributed by atoms with Crippen molar-refractivity contribution in [2.45, 2.75) is 32.6 Å². The van der Waals surface area contributed by atoms with Gasteiger partial charge < -0.3 is 20.5 Å². The molecule has 5 nitrogen and oxygen atoms in total. The highest BCUT2D eigenvalue weighted by Crippen LogP contribution is 2.00. The zero-order valence-electron chi connectivity index (χ0n) is 11.5. The third kappa shape index (κ3) is 7.43. The first-order valence-electron chi connectivity index (χ1n) is 6.39. The molecule has 106 valence electrons. The molecular formula is C14H22N2O3. The van der Waals surface area contributed by atoms with Gasteiger partial charge in [0.25, 0.3) is 0 Å². The summed E-state index contributed by atoms with van der Waals surface area (Å²) in [7, 11) is 0. The monoisotopic (exact) mass is 266 g/mol. The van der Waals surface area contributed by atoms with Gasteiger partial charge in [0.05, 0.1) is 12.7 Å². The number of nitrogens with two attached hydrogens (primary N) is 1.